The van der Waals surface area contributed by atoms with Crippen molar-refractivity contribution < 1.29 is 14.3 Å². The number of rotatable bonds is 9. The summed E-state index contributed by atoms with van der Waals surface area (Å²) in [5, 5.41) is 0. The molecule has 2 aromatic carbocycles. The predicted octanol–water partition coefficient (Wildman–Crippen LogP) is 6.88. The maximum absolute atomic E-state index is 12.3. The molecule has 2 aromatic rings. The fourth-order valence-corrected chi connectivity index (χ4v) is 3.14. The van der Waals surface area contributed by atoms with E-state index in [0.29, 0.717) is 5.56 Å². The first-order valence-electron chi connectivity index (χ1n) is 10.9. The SMILES string of the molecule is CCC(C)(C)c1ccc(OC(C)(C)COC(=O)c2cc[c]cc2)c(C(C)(C)CC)c1. The highest BCUT2D eigenvalue weighted by molar-refractivity contribution is 5.89. The zero-order chi connectivity index (χ0) is 22.6. The van der Waals surface area contributed by atoms with Gasteiger partial charge in [-0.3, -0.25) is 0 Å². The van der Waals surface area contributed by atoms with E-state index >= 15 is 0 Å². The molecule has 0 unspecified atom stereocenters. The van der Waals surface area contributed by atoms with E-state index in [4.69, 9.17) is 9.47 Å². The molecule has 1 radical (unpaired) electrons. The van der Waals surface area contributed by atoms with Crippen molar-refractivity contribution >= 4 is 5.97 Å². The summed E-state index contributed by atoms with van der Waals surface area (Å²) in [6.45, 7) is 17.5. The Bertz CT molecular complexity index is 848. The molecule has 0 aliphatic rings. The summed E-state index contributed by atoms with van der Waals surface area (Å²) < 4.78 is 12.0. The first-order valence-corrected chi connectivity index (χ1v) is 10.9. The molecule has 3 nitrogen and oxygen atoms in total. The summed E-state index contributed by atoms with van der Waals surface area (Å²) in [7, 11) is 0. The van der Waals surface area contributed by atoms with Gasteiger partial charge in [-0.15, -0.1) is 0 Å². The lowest BCUT2D eigenvalue weighted by Crippen LogP contribution is -2.36. The lowest BCUT2D eigenvalue weighted by Gasteiger charge is -2.33. The van der Waals surface area contributed by atoms with E-state index in [2.05, 4.69) is 65.8 Å². The highest BCUT2D eigenvalue weighted by Gasteiger charge is 2.30. The first-order chi connectivity index (χ1) is 13.9. The van der Waals surface area contributed by atoms with E-state index in [-0.39, 0.29) is 23.4 Å². The van der Waals surface area contributed by atoms with Crippen LogP contribution in [0.25, 0.3) is 0 Å². The Labute approximate surface area is 182 Å². The number of carbonyl (C=O) groups is 1. The number of hydrogen-bond donors (Lipinski definition) is 0. The van der Waals surface area contributed by atoms with Gasteiger partial charge in [0, 0.05) is 5.56 Å². The second-order valence-electron chi connectivity index (χ2n) is 9.91. The molecule has 163 valence electrons. The lowest BCUT2D eigenvalue weighted by molar-refractivity contribution is 0.00230. The maximum Gasteiger partial charge on any atom is 0.338 e. The van der Waals surface area contributed by atoms with E-state index in [9.17, 15) is 4.79 Å². The molecule has 2 rings (SSSR count). The summed E-state index contributed by atoms with van der Waals surface area (Å²) in [4.78, 5) is 12.3. The number of hydrogen-bond acceptors (Lipinski definition) is 3. The van der Waals surface area contributed by atoms with Crippen LogP contribution in [0, 0.1) is 6.07 Å². The largest absolute Gasteiger partial charge is 0.484 e. The Morgan fingerprint density at radius 3 is 2.07 bits per heavy atom. The van der Waals surface area contributed by atoms with Crippen molar-refractivity contribution in [2.45, 2.75) is 84.7 Å². The van der Waals surface area contributed by atoms with Gasteiger partial charge in [0.05, 0.1) is 5.56 Å². The van der Waals surface area contributed by atoms with Gasteiger partial charge < -0.3 is 9.47 Å². The summed E-state index contributed by atoms with van der Waals surface area (Å²) in [6.07, 6.45) is 2.07. The lowest BCUT2D eigenvalue weighted by atomic mass is 9.76. The van der Waals surface area contributed by atoms with Crippen LogP contribution >= 0.6 is 0 Å². The molecule has 0 fully saturated rings. The van der Waals surface area contributed by atoms with Gasteiger partial charge in [0.25, 0.3) is 0 Å². The summed E-state index contributed by atoms with van der Waals surface area (Å²) >= 11 is 0. The van der Waals surface area contributed by atoms with Crippen LogP contribution < -0.4 is 4.74 Å². The van der Waals surface area contributed by atoms with E-state index in [1.807, 2.05) is 13.8 Å². The van der Waals surface area contributed by atoms with Gasteiger partial charge in [-0.2, -0.15) is 0 Å². The molecule has 0 aliphatic carbocycles. The summed E-state index contributed by atoms with van der Waals surface area (Å²) in [6, 6.07) is 16.3. The van der Waals surface area contributed by atoms with Crippen molar-refractivity contribution in [2.75, 3.05) is 6.61 Å². The molecule has 0 spiro atoms. The van der Waals surface area contributed by atoms with Crippen molar-refractivity contribution in [3.63, 3.8) is 0 Å². The van der Waals surface area contributed by atoms with Crippen LogP contribution in [0.15, 0.2) is 42.5 Å². The molecule has 0 N–H and O–H groups in total. The average molecular weight is 410 g/mol. The zero-order valence-electron chi connectivity index (χ0n) is 19.9. The number of ether oxygens (including phenoxy) is 2. The third kappa shape index (κ3) is 5.87. The van der Waals surface area contributed by atoms with Crippen LogP contribution in [0.3, 0.4) is 0 Å². The summed E-state index contributed by atoms with van der Waals surface area (Å²) in [5.41, 5.74) is 2.46. The standard InChI is InChI=1S/C27H37O3/c1-9-25(3,4)21-16-17-23(22(18-21)26(5,6)10-2)30-27(7,8)19-29-24(28)20-14-12-11-13-15-20/h12-18H,9-10,19H2,1-8H3. The second-order valence-corrected chi connectivity index (χ2v) is 9.91. The average Bonchev–Trinajstić information content (AvgIpc) is 2.72. The van der Waals surface area contributed by atoms with Gasteiger partial charge in [-0.1, -0.05) is 65.8 Å². The minimum atomic E-state index is -0.656. The first kappa shape index (κ1) is 24.0. The Morgan fingerprint density at radius 1 is 0.900 bits per heavy atom. The van der Waals surface area contributed by atoms with Crippen LogP contribution in [-0.2, 0) is 15.6 Å². The van der Waals surface area contributed by atoms with Crippen LogP contribution in [0.4, 0.5) is 0 Å². The van der Waals surface area contributed by atoms with Crippen molar-refractivity contribution in [3.05, 3.63) is 65.2 Å². The number of carbonyl (C=O) groups excluding carboxylic acids is 1. The van der Waals surface area contributed by atoms with E-state index in [1.165, 1.54) is 11.1 Å². The molecule has 0 aromatic heterocycles. The van der Waals surface area contributed by atoms with Gasteiger partial charge in [0.15, 0.2) is 0 Å². The third-order valence-electron chi connectivity index (χ3n) is 6.15. The van der Waals surface area contributed by atoms with Gasteiger partial charge in [0.1, 0.15) is 18.0 Å². The van der Waals surface area contributed by atoms with Crippen LogP contribution in [-0.4, -0.2) is 18.2 Å². The third-order valence-corrected chi connectivity index (χ3v) is 6.15. The van der Waals surface area contributed by atoms with Gasteiger partial charge in [0.2, 0.25) is 0 Å². The molecule has 0 saturated heterocycles. The highest BCUT2D eigenvalue weighted by Crippen LogP contribution is 2.39. The van der Waals surface area contributed by atoms with Crippen molar-refractivity contribution in [2.24, 2.45) is 0 Å². The summed E-state index contributed by atoms with van der Waals surface area (Å²) in [5.74, 6) is 0.502. The Hall–Kier alpha value is -2.29. The van der Waals surface area contributed by atoms with Crippen LogP contribution in [0.2, 0.25) is 0 Å². The fourth-order valence-electron chi connectivity index (χ4n) is 3.14. The predicted molar refractivity (Wildman–Crippen MR) is 123 cm³/mol. The second kappa shape index (κ2) is 9.24. The minimum absolute atomic E-state index is 0.0253. The Kier molecular flexibility index (Phi) is 7.39. The van der Waals surface area contributed by atoms with Gasteiger partial charge in [-0.05, 0) is 67.3 Å². The van der Waals surface area contributed by atoms with Crippen LogP contribution in [0.5, 0.6) is 5.75 Å². The molecule has 0 bridgehead atoms. The number of esters is 1. The fraction of sp³-hybridized carbons (Fsp3) is 0.519. The quantitative estimate of drug-likeness (QED) is 0.424. The highest BCUT2D eigenvalue weighted by atomic mass is 16.6. The van der Waals surface area contributed by atoms with E-state index in [0.717, 1.165) is 18.6 Å². The smallest absolute Gasteiger partial charge is 0.338 e. The Balaban J connectivity index is 2.25. The Morgan fingerprint density at radius 2 is 1.50 bits per heavy atom. The molecule has 30 heavy (non-hydrogen) atoms. The van der Waals surface area contributed by atoms with Crippen molar-refractivity contribution in [1.29, 1.82) is 0 Å². The van der Waals surface area contributed by atoms with E-state index in [1.54, 1.807) is 24.3 Å². The van der Waals surface area contributed by atoms with Crippen molar-refractivity contribution in [1.82, 2.24) is 0 Å². The molecule has 3 heteroatoms. The van der Waals surface area contributed by atoms with E-state index < -0.39 is 5.60 Å². The van der Waals surface area contributed by atoms with Gasteiger partial charge in [-0.25, -0.2) is 4.79 Å². The zero-order valence-corrected chi connectivity index (χ0v) is 19.9. The molecule has 0 atom stereocenters. The normalized spacial score (nSPS) is 12.5. The molecule has 0 saturated carbocycles. The molecule has 0 heterocycles. The van der Waals surface area contributed by atoms with Crippen molar-refractivity contribution in [3.8, 4) is 5.75 Å². The minimum Gasteiger partial charge on any atom is -0.484 e. The van der Waals surface area contributed by atoms with Gasteiger partial charge >= 0.3 is 5.97 Å². The number of benzene rings is 2. The molecular weight excluding hydrogens is 372 g/mol. The molecular formula is C27H37O3. The molecule has 0 amide bonds. The topological polar surface area (TPSA) is 35.5 Å². The monoisotopic (exact) mass is 409 g/mol. The van der Waals surface area contributed by atoms with Crippen LogP contribution in [0.1, 0.15) is 89.7 Å². The molecule has 0 aliphatic heterocycles. The maximum atomic E-state index is 12.3.